The van der Waals surface area contributed by atoms with Crippen LogP contribution in [-0.4, -0.2) is 37.8 Å². The largest absolute Gasteiger partial charge is 0.480 e. The van der Waals surface area contributed by atoms with Gasteiger partial charge >= 0.3 is 5.97 Å². The van der Waals surface area contributed by atoms with E-state index in [4.69, 9.17) is 12.2 Å². The van der Waals surface area contributed by atoms with E-state index in [2.05, 4.69) is 24.3 Å². The number of rotatable bonds is 3. The third-order valence-corrected chi connectivity index (χ3v) is 5.76. The lowest BCUT2D eigenvalue weighted by Gasteiger charge is -2.29. The van der Waals surface area contributed by atoms with Gasteiger partial charge in [0, 0.05) is 5.75 Å². The number of carboxylic acid groups (broad SMARTS) is 1. The van der Waals surface area contributed by atoms with Crippen molar-refractivity contribution in [3.05, 3.63) is 35.4 Å². The number of thiocarbonyl (C=S) groups is 1. The van der Waals surface area contributed by atoms with Crippen molar-refractivity contribution in [2.75, 3.05) is 11.5 Å². The van der Waals surface area contributed by atoms with Gasteiger partial charge in [-0.2, -0.15) is 0 Å². The van der Waals surface area contributed by atoms with Crippen molar-refractivity contribution in [1.82, 2.24) is 4.90 Å². The standard InChI is InChI=1S/C14H17NO2S3/c1-3-19-14(18)15-11(13(16)17)8-20-12(15)10-6-4-9(2)5-7-10/h4-7,11-12H,3,8H2,1-2H3,(H,16,17). The fourth-order valence-corrected chi connectivity index (χ4v) is 4.88. The van der Waals surface area contributed by atoms with Crippen LogP contribution < -0.4 is 0 Å². The number of thioether (sulfide) groups is 2. The Morgan fingerprint density at radius 2 is 2.15 bits per heavy atom. The Kier molecular flexibility index (Phi) is 5.35. The van der Waals surface area contributed by atoms with Crippen molar-refractivity contribution < 1.29 is 9.90 Å². The summed E-state index contributed by atoms with van der Waals surface area (Å²) in [5.41, 5.74) is 2.31. The zero-order valence-corrected chi connectivity index (χ0v) is 13.9. The molecule has 1 aromatic carbocycles. The molecule has 6 heteroatoms. The van der Waals surface area contributed by atoms with Gasteiger partial charge in [-0.1, -0.05) is 60.7 Å². The van der Waals surface area contributed by atoms with Gasteiger partial charge in [0.15, 0.2) is 0 Å². The van der Waals surface area contributed by atoms with Crippen LogP contribution in [0.1, 0.15) is 23.4 Å². The molecule has 1 aliphatic heterocycles. The SMILES string of the molecule is CCSC(=S)N1C(C(=O)O)CSC1c1ccc(C)cc1. The Morgan fingerprint density at radius 3 is 2.70 bits per heavy atom. The highest BCUT2D eigenvalue weighted by atomic mass is 32.2. The van der Waals surface area contributed by atoms with E-state index in [0.717, 1.165) is 11.3 Å². The third kappa shape index (κ3) is 3.30. The molecule has 0 bridgehead atoms. The second-order valence-corrected chi connectivity index (χ2v) is 7.57. The van der Waals surface area contributed by atoms with Crippen LogP contribution in [0.4, 0.5) is 0 Å². The Labute approximate surface area is 133 Å². The van der Waals surface area contributed by atoms with Gasteiger partial charge in [-0.25, -0.2) is 4.79 Å². The first kappa shape index (κ1) is 15.7. The quantitative estimate of drug-likeness (QED) is 0.857. The number of benzene rings is 1. The smallest absolute Gasteiger partial charge is 0.327 e. The Bertz CT molecular complexity index is 504. The van der Waals surface area contributed by atoms with E-state index in [1.165, 1.54) is 17.3 Å². The van der Waals surface area contributed by atoms with E-state index in [-0.39, 0.29) is 5.37 Å². The fraction of sp³-hybridized carbons (Fsp3) is 0.429. The molecule has 0 saturated carbocycles. The van der Waals surface area contributed by atoms with E-state index in [0.29, 0.717) is 10.1 Å². The molecule has 1 aliphatic rings. The molecule has 2 rings (SSSR count). The first-order valence-electron chi connectivity index (χ1n) is 6.40. The molecule has 108 valence electrons. The Hall–Kier alpha value is -0.720. The number of hydrogen-bond acceptors (Lipinski definition) is 4. The number of nitrogens with zero attached hydrogens (tertiary/aromatic N) is 1. The maximum absolute atomic E-state index is 11.4. The summed E-state index contributed by atoms with van der Waals surface area (Å²) in [5, 5.41) is 9.39. The second kappa shape index (κ2) is 6.83. The molecule has 0 aromatic heterocycles. The molecule has 1 N–H and O–H groups in total. The van der Waals surface area contributed by atoms with Crippen LogP contribution in [0.5, 0.6) is 0 Å². The molecule has 2 atom stereocenters. The minimum atomic E-state index is -0.800. The van der Waals surface area contributed by atoms with E-state index in [1.807, 2.05) is 18.7 Å². The summed E-state index contributed by atoms with van der Waals surface area (Å²) in [7, 11) is 0. The minimum absolute atomic E-state index is 0.00301. The molecule has 20 heavy (non-hydrogen) atoms. The zero-order valence-electron chi connectivity index (χ0n) is 11.4. The van der Waals surface area contributed by atoms with Crippen LogP contribution in [-0.2, 0) is 4.79 Å². The van der Waals surface area contributed by atoms with Crippen LogP contribution in [0.3, 0.4) is 0 Å². The van der Waals surface area contributed by atoms with Crippen LogP contribution in [0.2, 0.25) is 0 Å². The first-order valence-corrected chi connectivity index (χ1v) is 8.85. The molecule has 3 nitrogen and oxygen atoms in total. The summed E-state index contributed by atoms with van der Waals surface area (Å²) >= 11 is 8.60. The molecule has 0 aliphatic carbocycles. The fourth-order valence-electron chi connectivity index (χ4n) is 2.11. The van der Waals surface area contributed by atoms with Crippen LogP contribution in [0.15, 0.2) is 24.3 Å². The highest BCUT2D eigenvalue weighted by Gasteiger charge is 2.40. The average Bonchev–Trinajstić information content (AvgIpc) is 2.84. The van der Waals surface area contributed by atoms with Crippen molar-refractivity contribution in [2.24, 2.45) is 0 Å². The van der Waals surface area contributed by atoms with E-state index >= 15 is 0 Å². The Balaban J connectivity index is 2.29. The highest BCUT2D eigenvalue weighted by Crippen LogP contribution is 2.43. The molecular weight excluding hydrogens is 310 g/mol. The maximum atomic E-state index is 11.4. The number of carboxylic acids is 1. The van der Waals surface area contributed by atoms with Gasteiger partial charge in [0.2, 0.25) is 0 Å². The predicted octanol–water partition coefficient (Wildman–Crippen LogP) is 3.53. The van der Waals surface area contributed by atoms with Gasteiger partial charge in [-0.15, -0.1) is 11.8 Å². The van der Waals surface area contributed by atoms with E-state index in [1.54, 1.807) is 11.8 Å². The van der Waals surface area contributed by atoms with Gasteiger partial charge in [0.1, 0.15) is 15.7 Å². The zero-order chi connectivity index (χ0) is 14.7. The maximum Gasteiger partial charge on any atom is 0.327 e. The van der Waals surface area contributed by atoms with Crippen molar-refractivity contribution in [3.63, 3.8) is 0 Å². The molecule has 1 saturated heterocycles. The van der Waals surface area contributed by atoms with Crippen LogP contribution in [0, 0.1) is 6.92 Å². The lowest BCUT2D eigenvalue weighted by Crippen LogP contribution is -2.41. The molecule has 1 fully saturated rings. The van der Waals surface area contributed by atoms with Crippen molar-refractivity contribution >= 4 is 46.0 Å². The van der Waals surface area contributed by atoms with Gasteiger partial charge in [-0.3, -0.25) is 0 Å². The molecule has 0 spiro atoms. The molecule has 0 amide bonds. The summed E-state index contributed by atoms with van der Waals surface area (Å²) in [5.74, 6) is 0.622. The van der Waals surface area contributed by atoms with Crippen LogP contribution >= 0.6 is 35.7 Å². The van der Waals surface area contributed by atoms with Crippen molar-refractivity contribution in [3.8, 4) is 0 Å². The second-order valence-electron chi connectivity index (χ2n) is 4.56. The third-order valence-electron chi connectivity index (χ3n) is 3.13. The van der Waals surface area contributed by atoms with Gasteiger partial charge in [-0.05, 0) is 18.2 Å². The molecule has 0 radical (unpaired) electrons. The van der Waals surface area contributed by atoms with E-state index < -0.39 is 12.0 Å². The summed E-state index contributed by atoms with van der Waals surface area (Å²) < 4.78 is 0.676. The lowest BCUT2D eigenvalue weighted by molar-refractivity contribution is -0.140. The van der Waals surface area contributed by atoms with Gasteiger partial charge < -0.3 is 10.0 Å². The van der Waals surface area contributed by atoms with E-state index in [9.17, 15) is 9.90 Å². The molecule has 1 heterocycles. The van der Waals surface area contributed by atoms with Gasteiger partial charge in [0.05, 0.1) is 0 Å². The first-order chi connectivity index (χ1) is 9.54. The minimum Gasteiger partial charge on any atom is -0.480 e. The summed E-state index contributed by atoms with van der Waals surface area (Å²) in [6.07, 6.45) is 0. The highest BCUT2D eigenvalue weighted by molar-refractivity contribution is 8.23. The summed E-state index contributed by atoms with van der Waals surface area (Å²) in [6, 6.07) is 7.70. The normalized spacial score (nSPS) is 22.0. The Morgan fingerprint density at radius 1 is 1.50 bits per heavy atom. The van der Waals surface area contributed by atoms with Crippen molar-refractivity contribution in [1.29, 1.82) is 0 Å². The number of aryl methyl sites for hydroxylation is 1. The lowest BCUT2D eigenvalue weighted by atomic mass is 10.1. The van der Waals surface area contributed by atoms with Crippen molar-refractivity contribution in [2.45, 2.75) is 25.3 Å². The summed E-state index contributed by atoms with van der Waals surface area (Å²) in [6.45, 7) is 4.07. The summed E-state index contributed by atoms with van der Waals surface area (Å²) in [4.78, 5) is 13.3. The number of aliphatic carboxylic acids is 1. The monoisotopic (exact) mass is 327 g/mol. The molecule has 2 unspecified atom stereocenters. The van der Waals surface area contributed by atoms with Crippen LogP contribution in [0.25, 0.3) is 0 Å². The average molecular weight is 327 g/mol. The predicted molar refractivity (Wildman–Crippen MR) is 90.4 cm³/mol. The number of hydrogen-bond donors (Lipinski definition) is 1. The topological polar surface area (TPSA) is 40.5 Å². The molecular formula is C14H17NO2S3. The number of carbonyl (C=O) groups is 1. The molecule has 1 aromatic rings. The van der Waals surface area contributed by atoms with Gasteiger partial charge in [0.25, 0.3) is 0 Å².